The summed E-state index contributed by atoms with van der Waals surface area (Å²) in [7, 11) is 0. The molecule has 2 N–H and O–H groups in total. The van der Waals surface area contributed by atoms with Gasteiger partial charge in [-0.2, -0.15) is 0 Å². The average Bonchev–Trinajstić information content (AvgIpc) is 2.66. The van der Waals surface area contributed by atoms with E-state index in [1.54, 1.807) is 30.3 Å². The Hall–Kier alpha value is -3.55. The van der Waals surface area contributed by atoms with Crippen molar-refractivity contribution in [2.24, 2.45) is 0 Å². The molecular weight excluding hydrogens is 364 g/mol. The monoisotopic (exact) mass is 380 g/mol. The first-order chi connectivity index (χ1) is 13.4. The molecule has 1 atom stereocenters. The van der Waals surface area contributed by atoms with E-state index in [1.165, 1.54) is 0 Å². The second-order valence-electron chi connectivity index (χ2n) is 6.84. The Morgan fingerprint density at radius 2 is 1.89 bits per heavy atom. The highest BCUT2D eigenvalue weighted by molar-refractivity contribution is 6.27. The number of rotatable bonds is 4. The zero-order valence-corrected chi connectivity index (χ0v) is 14.7. The van der Waals surface area contributed by atoms with E-state index >= 15 is 0 Å². The Balaban J connectivity index is 1.86. The van der Waals surface area contributed by atoms with Crippen LogP contribution in [0.1, 0.15) is 45.5 Å². The normalized spacial score (nSPS) is 19.1. The van der Waals surface area contributed by atoms with Gasteiger partial charge in [-0.05, 0) is 29.9 Å². The molecule has 2 aliphatic rings. The average molecular weight is 380 g/mol. The Kier molecular flexibility index (Phi) is 4.18. The highest BCUT2D eigenvalue weighted by Crippen LogP contribution is 2.34. The van der Waals surface area contributed by atoms with Gasteiger partial charge in [0, 0.05) is 23.8 Å². The number of carbonyl (C=O) groups is 5. The highest BCUT2D eigenvalue weighted by Gasteiger charge is 2.43. The summed E-state index contributed by atoms with van der Waals surface area (Å²) in [6, 6.07) is 7.40. The van der Waals surface area contributed by atoms with Crippen molar-refractivity contribution in [3.05, 3.63) is 47.0 Å². The molecule has 2 heterocycles. The number of carboxylic acids is 1. The van der Waals surface area contributed by atoms with Crippen LogP contribution in [0.25, 0.3) is 10.8 Å². The van der Waals surface area contributed by atoms with Crippen molar-refractivity contribution in [1.29, 1.82) is 0 Å². The first-order valence-corrected chi connectivity index (χ1v) is 8.86. The zero-order chi connectivity index (χ0) is 20.0. The number of carboxylic acid groups (broad SMARTS) is 1. The van der Waals surface area contributed by atoms with Crippen LogP contribution in [0.15, 0.2) is 30.3 Å². The molecule has 0 spiro atoms. The summed E-state index contributed by atoms with van der Waals surface area (Å²) in [5.41, 5.74) is 1.05. The molecule has 8 heteroatoms. The number of aliphatic carboxylic acids is 1. The molecule has 0 bridgehead atoms. The summed E-state index contributed by atoms with van der Waals surface area (Å²) in [4.78, 5) is 62.0. The minimum Gasteiger partial charge on any atom is -0.481 e. The largest absolute Gasteiger partial charge is 0.481 e. The molecular formula is C20H16N2O6. The molecule has 1 fully saturated rings. The Labute approximate surface area is 159 Å². The Bertz CT molecular complexity index is 1070. The number of benzene rings is 2. The number of nitrogens with zero attached hydrogens (tertiary/aromatic N) is 1. The standard InChI is InChI=1S/C20H16N2O6/c23-14-8-7-13(18(26)21-14)22-19(27)12-3-1-2-10-4-5-11(6-9-15(24)25)17(16(10)12)20(22)28/h1-5,13H,6-9H2,(H,24,25)(H,21,23,26). The van der Waals surface area contributed by atoms with Crippen molar-refractivity contribution >= 4 is 40.4 Å². The van der Waals surface area contributed by atoms with Gasteiger partial charge in [0.25, 0.3) is 11.8 Å². The van der Waals surface area contributed by atoms with Crippen LogP contribution < -0.4 is 5.32 Å². The lowest BCUT2D eigenvalue weighted by Crippen LogP contribution is -2.57. The predicted molar refractivity (Wildman–Crippen MR) is 96.6 cm³/mol. The van der Waals surface area contributed by atoms with E-state index in [0.717, 1.165) is 4.90 Å². The van der Waals surface area contributed by atoms with E-state index in [0.29, 0.717) is 16.3 Å². The third kappa shape index (κ3) is 2.74. The zero-order valence-electron chi connectivity index (χ0n) is 14.7. The molecule has 2 aromatic carbocycles. The van der Waals surface area contributed by atoms with E-state index in [2.05, 4.69) is 5.32 Å². The van der Waals surface area contributed by atoms with Crippen LogP contribution in [0, 0.1) is 0 Å². The van der Waals surface area contributed by atoms with Crippen LogP contribution in [0.2, 0.25) is 0 Å². The van der Waals surface area contributed by atoms with Crippen molar-refractivity contribution in [2.75, 3.05) is 0 Å². The van der Waals surface area contributed by atoms with Gasteiger partial charge in [0.1, 0.15) is 6.04 Å². The molecule has 0 aliphatic carbocycles. The smallest absolute Gasteiger partial charge is 0.303 e. The highest BCUT2D eigenvalue weighted by atomic mass is 16.4. The van der Waals surface area contributed by atoms with Gasteiger partial charge >= 0.3 is 5.97 Å². The van der Waals surface area contributed by atoms with Crippen LogP contribution in [-0.4, -0.2) is 45.6 Å². The fraction of sp³-hybridized carbons (Fsp3) is 0.250. The van der Waals surface area contributed by atoms with Crippen molar-refractivity contribution < 1.29 is 29.1 Å². The van der Waals surface area contributed by atoms with Crippen molar-refractivity contribution in [2.45, 2.75) is 31.7 Å². The molecule has 142 valence electrons. The maximum atomic E-state index is 13.3. The van der Waals surface area contributed by atoms with Crippen LogP contribution >= 0.6 is 0 Å². The van der Waals surface area contributed by atoms with Crippen LogP contribution in [0.3, 0.4) is 0 Å². The molecule has 28 heavy (non-hydrogen) atoms. The molecule has 0 saturated carbocycles. The van der Waals surface area contributed by atoms with Gasteiger partial charge in [-0.3, -0.25) is 34.2 Å². The molecule has 4 amide bonds. The quantitative estimate of drug-likeness (QED) is 0.771. The number of amides is 4. The lowest BCUT2D eigenvalue weighted by molar-refractivity contribution is -0.137. The van der Waals surface area contributed by atoms with Crippen LogP contribution in [0.4, 0.5) is 0 Å². The molecule has 2 aromatic rings. The number of hydrogen-bond acceptors (Lipinski definition) is 5. The van der Waals surface area contributed by atoms with Crippen molar-refractivity contribution in [1.82, 2.24) is 10.2 Å². The molecule has 8 nitrogen and oxygen atoms in total. The minimum absolute atomic E-state index is 0.0329. The fourth-order valence-corrected chi connectivity index (χ4v) is 3.85. The molecule has 1 saturated heterocycles. The summed E-state index contributed by atoms with van der Waals surface area (Å²) in [5, 5.41) is 12.3. The van der Waals surface area contributed by atoms with E-state index in [1.807, 2.05) is 0 Å². The number of piperidine rings is 1. The van der Waals surface area contributed by atoms with Gasteiger partial charge in [0.15, 0.2) is 0 Å². The minimum atomic E-state index is -1.08. The summed E-state index contributed by atoms with van der Waals surface area (Å²) >= 11 is 0. The summed E-state index contributed by atoms with van der Waals surface area (Å²) in [6.45, 7) is 0. The van der Waals surface area contributed by atoms with Gasteiger partial charge < -0.3 is 5.11 Å². The first kappa shape index (κ1) is 17.8. The Morgan fingerprint density at radius 3 is 2.61 bits per heavy atom. The van der Waals surface area contributed by atoms with Crippen molar-refractivity contribution in [3.63, 3.8) is 0 Å². The third-order valence-corrected chi connectivity index (χ3v) is 5.14. The lowest BCUT2D eigenvalue weighted by Gasteiger charge is -2.35. The van der Waals surface area contributed by atoms with Gasteiger partial charge in [0.05, 0.1) is 5.56 Å². The van der Waals surface area contributed by atoms with E-state index in [9.17, 15) is 24.0 Å². The van der Waals surface area contributed by atoms with Crippen molar-refractivity contribution in [3.8, 4) is 0 Å². The van der Waals surface area contributed by atoms with Gasteiger partial charge in [-0.25, -0.2) is 0 Å². The third-order valence-electron chi connectivity index (χ3n) is 5.14. The van der Waals surface area contributed by atoms with Crippen LogP contribution in [0.5, 0.6) is 0 Å². The first-order valence-electron chi connectivity index (χ1n) is 8.86. The summed E-state index contributed by atoms with van der Waals surface area (Å²) in [6.07, 6.45) is 0.0499. The van der Waals surface area contributed by atoms with Crippen LogP contribution in [-0.2, 0) is 20.8 Å². The van der Waals surface area contributed by atoms with Gasteiger partial charge in [-0.1, -0.05) is 24.3 Å². The molecule has 0 aromatic heterocycles. The number of imide groups is 2. The van der Waals surface area contributed by atoms with E-state index < -0.39 is 35.6 Å². The maximum Gasteiger partial charge on any atom is 0.303 e. The van der Waals surface area contributed by atoms with Gasteiger partial charge in [-0.15, -0.1) is 0 Å². The maximum absolute atomic E-state index is 13.3. The topological polar surface area (TPSA) is 121 Å². The van der Waals surface area contributed by atoms with E-state index in [4.69, 9.17) is 5.11 Å². The lowest BCUT2D eigenvalue weighted by atomic mass is 9.87. The second-order valence-corrected chi connectivity index (χ2v) is 6.84. The number of nitrogens with one attached hydrogen (secondary N) is 1. The molecule has 4 rings (SSSR count). The molecule has 2 aliphatic heterocycles. The molecule has 1 unspecified atom stereocenters. The Morgan fingerprint density at radius 1 is 1.11 bits per heavy atom. The van der Waals surface area contributed by atoms with E-state index in [-0.39, 0.29) is 36.8 Å². The van der Waals surface area contributed by atoms with Gasteiger partial charge in [0.2, 0.25) is 11.8 Å². The second kappa shape index (κ2) is 6.56. The fourth-order valence-electron chi connectivity index (χ4n) is 3.85. The summed E-state index contributed by atoms with van der Waals surface area (Å²) < 4.78 is 0. The summed E-state index contributed by atoms with van der Waals surface area (Å²) in [5.74, 6) is -3.35. The molecule has 0 radical (unpaired) electrons. The number of hydrogen-bond donors (Lipinski definition) is 2. The SMILES string of the molecule is O=C(O)CCc1ccc2cccc3c2c1C(=O)N(C1CCC(=O)NC1=O)C3=O. The predicted octanol–water partition coefficient (Wildman–Crippen LogP) is 1.26. The number of aryl methyl sites for hydroxylation is 1. The number of carbonyl (C=O) groups excluding carboxylic acids is 4.